The highest BCUT2D eigenvalue weighted by Gasteiger charge is 2.67. The van der Waals surface area contributed by atoms with Gasteiger partial charge < -0.3 is 19.3 Å². The molecule has 0 unspecified atom stereocenters. The van der Waals surface area contributed by atoms with Gasteiger partial charge in [0.05, 0.1) is 43.8 Å². The molecule has 5 rings (SSSR count). The molecule has 1 aromatic heterocycles. The Labute approximate surface area is 181 Å². The minimum atomic E-state index is -0.715. The number of amides is 2. The molecule has 2 saturated heterocycles. The molecule has 0 N–H and O–H groups in total. The van der Waals surface area contributed by atoms with E-state index in [1.54, 1.807) is 30.2 Å². The van der Waals surface area contributed by atoms with Crippen molar-refractivity contribution in [3.05, 3.63) is 72.1 Å². The predicted molar refractivity (Wildman–Crippen MR) is 113 cm³/mol. The van der Waals surface area contributed by atoms with Crippen molar-refractivity contribution in [1.82, 2.24) is 14.8 Å². The van der Waals surface area contributed by atoms with Crippen molar-refractivity contribution in [2.45, 2.75) is 24.8 Å². The lowest BCUT2D eigenvalue weighted by atomic mass is 9.76. The minimum Gasteiger partial charge on any atom is -0.497 e. The third-order valence-corrected chi connectivity index (χ3v) is 6.47. The van der Waals surface area contributed by atoms with Crippen LogP contribution in [-0.2, 0) is 27.4 Å². The van der Waals surface area contributed by atoms with Crippen LogP contribution < -0.4 is 4.74 Å². The minimum absolute atomic E-state index is 0.0285. The first-order valence-electron chi connectivity index (χ1n) is 10.4. The molecule has 3 aliphatic rings. The summed E-state index contributed by atoms with van der Waals surface area (Å²) in [6, 6.07) is 13.3. The lowest BCUT2D eigenvalue weighted by Gasteiger charge is -2.27. The summed E-state index contributed by atoms with van der Waals surface area (Å²) in [5.41, 5.74) is 1.08. The van der Waals surface area contributed by atoms with E-state index in [1.165, 1.54) is 0 Å². The Balaban J connectivity index is 1.35. The van der Waals surface area contributed by atoms with Gasteiger partial charge in [-0.25, -0.2) is 0 Å². The molecule has 4 heterocycles. The van der Waals surface area contributed by atoms with Crippen LogP contribution in [0.2, 0.25) is 0 Å². The summed E-state index contributed by atoms with van der Waals surface area (Å²) in [6.07, 6.45) is 5.28. The second-order valence-electron chi connectivity index (χ2n) is 8.46. The number of aromatic nitrogens is 1. The van der Waals surface area contributed by atoms with Crippen LogP contribution in [0.15, 0.2) is 60.8 Å². The number of pyridine rings is 1. The molecule has 2 bridgehead atoms. The summed E-state index contributed by atoms with van der Waals surface area (Å²) in [7, 11) is 3.38. The molecule has 0 aliphatic carbocycles. The average Bonchev–Trinajstić information content (AvgIpc) is 3.42. The number of fused-ring (bicyclic) bond motifs is 1. The quantitative estimate of drug-likeness (QED) is 0.670. The van der Waals surface area contributed by atoms with Gasteiger partial charge >= 0.3 is 0 Å². The Morgan fingerprint density at radius 1 is 1.32 bits per heavy atom. The van der Waals surface area contributed by atoms with Gasteiger partial charge in [-0.2, -0.15) is 0 Å². The molecule has 3 aliphatic heterocycles. The summed E-state index contributed by atoms with van der Waals surface area (Å²) in [6.45, 7) is 1.31. The van der Waals surface area contributed by atoms with Crippen LogP contribution in [0.5, 0.6) is 5.75 Å². The number of carbonyl (C=O) groups excluding carboxylic acids is 2. The second kappa shape index (κ2) is 7.50. The van der Waals surface area contributed by atoms with E-state index < -0.39 is 17.4 Å². The molecule has 0 saturated carbocycles. The summed E-state index contributed by atoms with van der Waals surface area (Å²) in [4.78, 5) is 34.5. The van der Waals surface area contributed by atoms with Crippen molar-refractivity contribution < 1.29 is 19.1 Å². The molecule has 2 amide bonds. The van der Waals surface area contributed by atoms with Crippen molar-refractivity contribution in [1.29, 1.82) is 0 Å². The number of hydrogen-bond donors (Lipinski definition) is 0. The van der Waals surface area contributed by atoms with Gasteiger partial charge in [0.1, 0.15) is 11.4 Å². The van der Waals surface area contributed by atoms with Crippen LogP contribution in [0.25, 0.3) is 0 Å². The molecular formula is C24H25N3O4. The maximum atomic E-state index is 13.4. The van der Waals surface area contributed by atoms with Gasteiger partial charge in [0.25, 0.3) is 0 Å². The van der Waals surface area contributed by atoms with E-state index in [2.05, 4.69) is 4.98 Å². The van der Waals surface area contributed by atoms with Gasteiger partial charge in [-0.05, 0) is 29.8 Å². The lowest BCUT2D eigenvalue weighted by molar-refractivity contribution is -0.142. The van der Waals surface area contributed by atoms with Gasteiger partial charge in [-0.1, -0.05) is 30.4 Å². The second-order valence-corrected chi connectivity index (χ2v) is 8.46. The van der Waals surface area contributed by atoms with Crippen molar-refractivity contribution in [2.24, 2.45) is 11.8 Å². The van der Waals surface area contributed by atoms with Crippen LogP contribution in [-0.4, -0.2) is 59.0 Å². The molecule has 4 atom stereocenters. The number of likely N-dealkylation sites (tertiary alicyclic amines) is 1. The zero-order valence-corrected chi connectivity index (χ0v) is 17.6. The third kappa shape index (κ3) is 3.29. The van der Waals surface area contributed by atoms with Gasteiger partial charge in [0.15, 0.2) is 0 Å². The van der Waals surface area contributed by atoms with E-state index in [4.69, 9.17) is 9.47 Å². The van der Waals surface area contributed by atoms with Crippen molar-refractivity contribution in [3.63, 3.8) is 0 Å². The molecule has 7 nitrogen and oxygen atoms in total. The number of carbonyl (C=O) groups is 2. The Morgan fingerprint density at radius 2 is 2.19 bits per heavy atom. The molecule has 0 radical (unpaired) electrons. The molecule has 31 heavy (non-hydrogen) atoms. The van der Waals surface area contributed by atoms with Crippen LogP contribution >= 0.6 is 0 Å². The molecule has 160 valence electrons. The standard InChI is InChI=1S/C24H25N3O4/c1-26(14-17-7-3-4-11-25-17)22(28)20-19-9-10-24(31-19)15-27(23(29)21(20)24)13-16-6-5-8-18(12-16)30-2/h3-12,19-21H,13-15H2,1-2H3/t19-,20-,21-,24-/m0/s1. The lowest BCUT2D eigenvalue weighted by Crippen LogP contribution is -2.44. The first-order valence-corrected chi connectivity index (χ1v) is 10.4. The van der Waals surface area contributed by atoms with Crippen LogP contribution in [0.1, 0.15) is 11.3 Å². The number of hydrogen-bond acceptors (Lipinski definition) is 5. The predicted octanol–water partition coefficient (Wildman–Crippen LogP) is 2.03. The first kappa shape index (κ1) is 19.8. The number of methoxy groups -OCH3 is 1. The van der Waals surface area contributed by atoms with E-state index in [1.807, 2.05) is 54.6 Å². The van der Waals surface area contributed by atoms with E-state index in [9.17, 15) is 9.59 Å². The Kier molecular flexibility index (Phi) is 4.78. The Morgan fingerprint density at radius 3 is 2.97 bits per heavy atom. The maximum Gasteiger partial charge on any atom is 0.230 e. The maximum absolute atomic E-state index is 13.4. The summed E-state index contributed by atoms with van der Waals surface area (Å²) < 4.78 is 11.5. The normalized spacial score (nSPS) is 28.1. The van der Waals surface area contributed by atoms with E-state index in [-0.39, 0.29) is 17.9 Å². The van der Waals surface area contributed by atoms with Gasteiger partial charge in [-0.15, -0.1) is 0 Å². The SMILES string of the molecule is COc1cccc(CN2C[C@]34C=C[C@H](O3)[C@H](C(=O)N(C)Cc3ccccn3)[C@H]4C2=O)c1. The first-order chi connectivity index (χ1) is 15.0. The molecular weight excluding hydrogens is 394 g/mol. The van der Waals surface area contributed by atoms with Crippen LogP contribution in [0.4, 0.5) is 0 Å². The Hall–Kier alpha value is -3.19. The molecule has 2 aromatic rings. The zero-order chi connectivity index (χ0) is 21.6. The topological polar surface area (TPSA) is 72.0 Å². The zero-order valence-electron chi connectivity index (χ0n) is 17.6. The number of rotatable bonds is 6. The summed E-state index contributed by atoms with van der Waals surface area (Å²) >= 11 is 0. The van der Waals surface area contributed by atoms with E-state index in [0.29, 0.717) is 19.6 Å². The summed E-state index contributed by atoms with van der Waals surface area (Å²) in [5.74, 6) is -0.361. The van der Waals surface area contributed by atoms with Crippen LogP contribution in [0, 0.1) is 11.8 Å². The van der Waals surface area contributed by atoms with E-state index >= 15 is 0 Å². The fourth-order valence-electron chi connectivity index (χ4n) is 5.05. The fraction of sp³-hybridized carbons (Fsp3) is 0.375. The van der Waals surface area contributed by atoms with Crippen LogP contribution in [0.3, 0.4) is 0 Å². The largest absolute Gasteiger partial charge is 0.497 e. The average molecular weight is 419 g/mol. The smallest absolute Gasteiger partial charge is 0.230 e. The highest BCUT2D eigenvalue weighted by molar-refractivity contribution is 5.93. The Bertz CT molecular complexity index is 1040. The highest BCUT2D eigenvalue weighted by atomic mass is 16.5. The third-order valence-electron chi connectivity index (χ3n) is 6.47. The van der Waals surface area contributed by atoms with Gasteiger partial charge in [0.2, 0.25) is 11.8 Å². The van der Waals surface area contributed by atoms with Gasteiger partial charge in [-0.3, -0.25) is 14.6 Å². The number of nitrogens with zero attached hydrogens (tertiary/aromatic N) is 3. The van der Waals surface area contributed by atoms with Crippen molar-refractivity contribution in [3.8, 4) is 5.75 Å². The van der Waals surface area contributed by atoms with E-state index in [0.717, 1.165) is 17.0 Å². The van der Waals surface area contributed by atoms with Gasteiger partial charge in [0, 0.05) is 19.8 Å². The molecule has 2 fully saturated rings. The van der Waals surface area contributed by atoms with Crippen molar-refractivity contribution >= 4 is 11.8 Å². The highest BCUT2D eigenvalue weighted by Crippen LogP contribution is 2.52. The number of benzene rings is 1. The molecule has 1 aromatic carbocycles. The monoisotopic (exact) mass is 419 g/mol. The van der Waals surface area contributed by atoms with Crippen molar-refractivity contribution in [2.75, 3.05) is 20.7 Å². The fourth-order valence-corrected chi connectivity index (χ4v) is 5.05. The molecule has 1 spiro atoms. The molecule has 7 heteroatoms. The number of ether oxygens (including phenoxy) is 2. The summed E-state index contributed by atoms with van der Waals surface area (Å²) in [5, 5.41) is 0.